The highest BCUT2D eigenvalue weighted by molar-refractivity contribution is 5.80. The highest BCUT2D eigenvalue weighted by Gasteiger charge is 2.33. The summed E-state index contributed by atoms with van der Waals surface area (Å²) < 4.78 is 16.8. The van der Waals surface area contributed by atoms with Gasteiger partial charge in [0, 0.05) is 58.3 Å². The molecule has 1 N–H and O–H groups in total. The summed E-state index contributed by atoms with van der Waals surface area (Å²) in [6, 6.07) is 3.96. The van der Waals surface area contributed by atoms with Crippen LogP contribution in [0, 0.1) is 5.92 Å². The maximum Gasteiger partial charge on any atom is 0.193 e. The molecule has 2 aliphatic rings. The lowest BCUT2D eigenvalue weighted by Crippen LogP contribution is -2.52. The van der Waals surface area contributed by atoms with Gasteiger partial charge >= 0.3 is 0 Å². The van der Waals surface area contributed by atoms with Crippen LogP contribution in [0.2, 0.25) is 0 Å². The number of guanidine groups is 1. The van der Waals surface area contributed by atoms with Crippen molar-refractivity contribution in [3.8, 4) is 0 Å². The molecule has 146 valence electrons. The molecule has 3 heterocycles. The number of nitrogens with zero attached hydrogens (tertiary/aromatic N) is 2. The number of hydrogen-bond donors (Lipinski definition) is 1. The van der Waals surface area contributed by atoms with Crippen LogP contribution < -0.4 is 5.32 Å². The van der Waals surface area contributed by atoms with E-state index in [2.05, 4.69) is 10.2 Å². The monoisotopic (exact) mass is 363 g/mol. The van der Waals surface area contributed by atoms with Gasteiger partial charge in [0.1, 0.15) is 5.76 Å². The molecule has 3 rings (SSSR count). The Bertz CT molecular complexity index is 532. The Hall–Kier alpha value is -1.53. The van der Waals surface area contributed by atoms with E-state index in [4.69, 9.17) is 18.9 Å². The summed E-state index contributed by atoms with van der Waals surface area (Å²) in [5.41, 5.74) is 0. The van der Waals surface area contributed by atoms with Crippen LogP contribution in [0.4, 0.5) is 0 Å². The summed E-state index contributed by atoms with van der Waals surface area (Å²) >= 11 is 0. The molecule has 0 aliphatic carbocycles. The minimum Gasteiger partial charge on any atom is -0.469 e. The Morgan fingerprint density at radius 1 is 1.42 bits per heavy atom. The van der Waals surface area contributed by atoms with Crippen molar-refractivity contribution in [2.24, 2.45) is 10.9 Å². The molecule has 6 heteroatoms. The van der Waals surface area contributed by atoms with Gasteiger partial charge in [-0.05, 0) is 44.7 Å². The van der Waals surface area contributed by atoms with E-state index in [0.717, 1.165) is 77.0 Å². The Kier molecular flexibility index (Phi) is 7.83. The van der Waals surface area contributed by atoms with E-state index in [0.29, 0.717) is 12.0 Å². The second-order valence-electron chi connectivity index (χ2n) is 7.06. The summed E-state index contributed by atoms with van der Waals surface area (Å²) in [6.45, 7) is 8.19. The van der Waals surface area contributed by atoms with Crippen LogP contribution in [0.1, 0.15) is 38.4 Å². The van der Waals surface area contributed by atoms with Gasteiger partial charge in [-0.1, -0.05) is 0 Å². The number of likely N-dealkylation sites (tertiary alicyclic amines) is 1. The van der Waals surface area contributed by atoms with Gasteiger partial charge in [-0.25, -0.2) is 0 Å². The van der Waals surface area contributed by atoms with E-state index in [1.54, 1.807) is 6.26 Å². The normalized spacial score (nSPS) is 23.7. The maximum absolute atomic E-state index is 5.95. The van der Waals surface area contributed by atoms with Crippen LogP contribution in [0.3, 0.4) is 0 Å². The van der Waals surface area contributed by atoms with E-state index in [1.807, 2.05) is 19.1 Å². The molecular formula is C20H33N3O3. The molecule has 2 atom stereocenters. The third-order valence-corrected chi connectivity index (χ3v) is 5.16. The first kappa shape index (κ1) is 19.2. The number of fused-ring (bicyclic) bond motifs is 1. The van der Waals surface area contributed by atoms with Crippen LogP contribution in [0.25, 0.3) is 0 Å². The quantitative estimate of drug-likeness (QED) is 0.437. The van der Waals surface area contributed by atoms with Crippen LogP contribution >= 0.6 is 0 Å². The predicted molar refractivity (Wildman–Crippen MR) is 102 cm³/mol. The summed E-state index contributed by atoms with van der Waals surface area (Å²) in [5, 5.41) is 3.55. The highest BCUT2D eigenvalue weighted by Crippen LogP contribution is 2.28. The standard InChI is InChI=1S/C20H33N3O3/c1-2-24-13-5-10-21-20(22-11-8-18-7-4-14-25-18)23-12-9-19-17(16-23)6-3-15-26-19/h4,7,14,17,19H,2-3,5-6,8-13,15-16H2,1H3,(H,21,22). The van der Waals surface area contributed by atoms with Crippen molar-refractivity contribution in [2.75, 3.05) is 46.0 Å². The molecule has 2 unspecified atom stereocenters. The smallest absolute Gasteiger partial charge is 0.193 e. The molecule has 2 saturated heterocycles. The minimum absolute atomic E-state index is 0.447. The van der Waals surface area contributed by atoms with E-state index in [-0.39, 0.29) is 0 Å². The second kappa shape index (κ2) is 10.6. The van der Waals surface area contributed by atoms with Crippen molar-refractivity contribution in [3.63, 3.8) is 0 Å². The predicted octanol–water partition coefficient (Wildman–Crippen LogP) is 2.70. The molecule has 0 bridgehead atoms. The zero-order chi connectivity index (χ0) is 18.0. The van der Waals surface area contributed by atoms with E-state index in [1.165, 1.54) is 12.8 Å². The zero-order valence-corrected chi connectivity index (χ0v) is 16.0. The first-order valence-electron chi connectivity index (χ1n) is 10.1. The van der Waals surface area contributed by atoms with Crippen molar-refractivity contribution >= 4 is 5.96 Å². The van der Waals surface area contributed by atoms with Crippen molar-refractivity contribution in [1.82, 2.24) is 10.2 Å². The van der Waals surface area contributed by atoms with E-state index in [9.17, 15) is 0 Å². The lowest BCUT2D eigenvalue weighted by molar-refractivity contribution is -0.0559. The fourth-order valence-corrected chi connectivity index (χ4v) is 3.80. The van der Waals surface area contributed by atoms with Gasteiger partial charge in [-0.15, -0.1) is 0 Å². The first-order chi connectivity index (χ1) is 12.9. The average Bonchev–Trinajstić information content (AvgIpc) is 3.19. The van der Waals surface area contributed by atoms with Crippen LogP contribution in [0.5, 0.6) is 0 Å². The van der Waals surface area contributed by atoms with Gasteiger partial charge < -0.3 is 24.1 Å². The molecule has 0 saturated carbocycles. The third kappa shape index (κ3) is 5.74. The van der Waals surface area contributed by atoms with Gasteiger partial charge in [0.25, 0.3) is 0 Å². The summed E-state index contributed by atoms with van der Waals surface area (Å²) in [6.07, 6.45) is 7.55. The topological polar surface area (TPSA) is 59.2 Å². The Labute approximate surface area is 156 Å². The van der Waals surface area contributed by atoms with Gasteiger partial charge in [0.2, 0.25) is 0 Å². The third-order valence-electron chi connectivity index (χ3n) is 5.16. The number of piperidine rings is 1. The van der Waals surface area contributed by atoms with Crippen LogP contribution in [-0.4, -0.2) is 63.0 Å². The van der Waals surface area contributed by atoms with Crippen molar-refractivity contribution in [3.05, 3.63) is 24.2 Å². The Morgan fingerprint density at radius 2 is 2.38 bits per heavy atom. The van der Waals surface area contributed by atoms with Gasteiger partial charge in [-0.3, -0.25) is 4.99 Å². The molecular weight excluding hydrogens is 330 g/mol. The molecule has 2 aliphatic heterocycles. The van der Waals surface area contributed by atoms with Crippen molar-refractivity contribution < 1.29 is 13.9 Å². The molecule has 0 spiro atoms. The van der Waals surface area contributed by atoms with Crippen molar-refractivity contribution in [2.45, 2.75) is 45.1 Å². The summed E-state index contributed by atoms with van der Waals surface area (Å²) in [5.74, 6) is 2.67. The fourth-order valence-electron chi connectivity index (χ4n) is 3.80. The van der Waals surface area contributed by atoms with Crippen molar-refractivity contribution in [1.29, 1.82) is 0 Å². The molecule has 6 nitrogen and oxygen atoms in total. The Balaban J connectivity index is 1.53. The number of rotatable bonds is 8. The number of aliphatic imine (C=N–C) groups is 1. The summed E-state index contributed by atoms with van der Waals surface area (Å²) in [4.78, 5) is 7.27. The molecule has 1 aromatic heterocycles. The SMILES string of the molecule is CCOCCCN=C(NCCc1ccco1)N1CCC2OCCCC2C1. The largest absolute Gasteiger partial charge is 0.469 e. The lowest BCUT2D eigenvalue weighted by Gasteiger charge is -2.42. The Morgan fingerprint density at radius 3 is 3.23 bits per heavy atom. The van der Waals surface area contributed by atoms with Crippen LogP contribution in [-0.2, 0) is 15.9 Å². The van der Waals surface area contributed by atoms with E-state index >= 15 is 0 Å². The molecule has 26 heavy (non-hydrogen) atoms. The second-order valence-corrected chi connectivity index (χ2v) is 7.06. The van der Waals surface area contributed by atoms with Gasteiger partial charge in [0.15, 0.2) is 5.96 Å². The van der Waals surface area contributed by atoms with Crippen LogP contribution in [0.15, 0.2) is 27.8 Å². The fraction of sp³-hybridized carbons (Fsp3) is 0.750. The number of nitrogens with one attached hydrogen (secondary N) is 1. The number of ether oxygens (including phenoxy) is 2. The molecule has 0 aromatic carbocycles. The molecule has 2 fully saturated rings. The molecule has 0 amide bonds. The maximum atomic E-state index is 5.95. The molecule has 1 aromatic rings. The number of furan rings is 1. The lowest BCUT2D eigenvalue weighted by atomic mass is 9.88. The highest BCUT2D eigenvalue weighted by atomic mass is 16.5. The summed E-state index contributed by atoms with van der Waals surface area (Å²) in [7, 11) is 0. The minimum atomic E-state index is 0.447. The molecule has 0 radical (unpaired) electrons. The average molecular weight is 364 g/mol. The number of hydrogen-bond acceptors (Lipinski definition) is 4. The zero-order valence-electron chi connectivity index (χ0n) is 16.0. The first-order valence-corrected chi connectivity index (χ1v) is 10.1. The van der Waals surface area contributed by atoms with Gasteiger partial charge in [0.05, 0.1) is 12.4 Å². The van der Waals surface area contributed by atoms with E-state index < -0.39 is 0 Å². The van der Waals surface area contributed by atoms with Gasteiger partial charge in [-0.2, -0.15) is 0 Å².